The number of hydrogen-bond donors (Lipinski definition) is 2. The van der Waals surface area contributed by atoms with Crippen molar-refractivity contribution in [3.05, 3.63) is 108 Å². The number of fused-ring (bicyclic) bond motifs is 1. The molecule has 0 aliphatic carbocycles. The summed E-state index contributed by atoms with van der Waals surface area (Å²) >= 11 is 6.26. The number of carbonyl (C=O) groups excluding carboxylic acids is 1. The quantitative estimate of drug-likeness (QED) is 0.326. The number of pyridine rings is 1. The lowest BCUT2D eigenvalue weighted by atomic mass is 10.1. The molecule has 0 radical (unpaired) electrons. The van der Waals surface area contributed by atoms with Crippen LogP contribution in [-0.4, -0.2) is 20.9 Å². The Balaban J connectivity index is 1.57. The van der Waals surface area contributed by atoms with E-state index < -0.39 is 0 Å². The van der Waals surface area contributed by atoms with E-state index in [-0.39, 0.29) is 5.91 Å². The van der Waals surface area contributed by atoms with E-state index in [9.17, 15) is 4.79 Å². The summed E-state index contributed by atoms with van der Waals surface area (Å²) in [5.41, 5.74) is 3.33. The Morgan fingerprint density at radius 3 is 2.48 bits per heavy atom. The second-order valence-electron chi connectivity index (χ2n) is 7.29. The van der Waals surface area contributed by atoms with Gasteiger partial charge in [0.15, 0.2) is 5.82 Å². The average Bonchev–Trinajstić information content (AvgIpc) is 2.85. The second-order valence-corrected chi connectivity index (χ2v) is 7.73. The SMILES string of the molecule is O=C(Nc1ccccc1)c1ccccc1Nc1nc(-c2cccnc2)nc2ccc(Cl)cc12. The highest BCUT2D eigenvalue weighted by Crippen LogP contribution is 2.30. The normalized spacial score (nSPS) is 10.7. The van der Waals surface area contributed by atoms with E-state index >= 15 is 0 Å². The van der Waals surface area contributed by atoms with Crippen molar-refractivity contribution >= 4 is 45.6 Å². The van der Waals surface area contributed by atoms with Crippen LogP contribution in [-0.2, 0) is 0 Å². The third-order valence-electron chi connectivity index (χ3n) is 5.03. The first kappa shape index (κ1) is 20.6. The minimum atomic E-state index is -0.229. The summed E-state index contributed by atoms with van der Waals surface area (Å²) in [5.74, 6) is 0.834. The van der Waals surface area contributed by atoms with E-state index in [4.69, 9.17) is 16.6 Å². The predicted octanol–water partition coefficient (Wildman–Crippen LogP) is 6.34. The highest BCUT2D eigenvalue weighted by molar-refractivity contribution is 6.31. The zero-order valence-corrected chi connectivity index (χ0v) is 18.1. The molecule has 0 fully saturated rings. The minimum absolute atomic E-state index is 0.229. The van der Waals surface area contributed by atoms with Crippen molar-refractivity contribution in [3.63, 3.8) is 0 Å². The molecule has 5 aromatic rings. The van der Waals surface area contributed by atoms with Gasteiger partial charge in [0.05, 0.1) is 16.8 Å². The molecule has 2 aromatic heterocycles. The van der Waals surface area contributed by atoms with Crippen molar-refractivity contribution in [1.82, 2.24) is 15.0 Å². The number of nitrogens with one attached hydrogen (secondary N) is 2. The van der Waals surface area contributed by atoms with Crippen molar-refractivity contribution in [2.75, 3.05) is 10.6 Å². The molecule has 5 rings (SSSR count). The summed E-state index contributed by atoms with van der Waals surface area (Å²) in [6.45, 7) is 0. The maximum atomic E-state index is 13.0. The van der Waals surface area contributed by atoms with Gasteiger partial charge in [-0.15, -0.1) is 0 Å². The fourth-order valence-electron chi connectivity index (χ4n) is 3.46. The molecule has 6 nitrogen and oxygen atoms in total. The lowest BCUT2D eigenvalue weighted by molar-refractivity contribution is 0.102. The standard InChI is InChI=1S/C26H18ClN5O/c27-18-12-13-23-21(15-18)25(32-24(30-23)17-7-6-14-28-16-17)31-22-11-5-4-10-20(22)26(33)29-19-8-2-1-3-9-19/h1-16H,(H,29,33)(H,30,31,32). The number of nitrogens with zero attached hydrogens (tertiary/aromatic N) is 3. The van der Waals surface area contributed by atoms with Crippen molar-refractivity contribution in [2.45, 2.75) is 0 Å². The van der Waals surface area contributed by atoms with Gasteiger partial charge in [-0.05, 0) is 54.6 Å². The van der Waals surface area contributed by atoms with E-state index in [2.05, 4.69) is 20.6 Å². The number of carbonyl (C=O) groups is 1. The fourth-order valence-corrected chi connectivity index (χ4v) is 3.63. The monoisotopic (exact) mass is 451 g/mol. The van der Waals surface area contributed by atoms with E-state index in [1.54, 1.807) is 30.6 Å². The van der Waals surface area contributed by atoms with Gasteiger partial charge >= 0.3 is 0 Å². The van der Waals surface area contributed by atoms with Crippen LogP contribution in [0.2, 0.25) is 5.02 Å². The molecule has 0 unspecified atom stereocenters. The number of para-hydroxylation sites is 2. The molecule has 7 heteroatoms. The van der Waals surface area contributed by atoms with Crippen molar-refractivity contribution in [2.24, 2.45) is 0 Å². The van der Waals surface area contributed by atoms with E-state index in [0.29, 0.717) is 27.9 Å². The topological polar surface area (TPSA) is 79.8 Å². The van der Waals surface area contributed by atoms with Crippen molar-refractivity contribution in [3.8, 4) is 11.4 Å². The number of anilines is 3. The number of benzene rings is 3. The summed E-state index contributed by atoms with van der Waals surface area (Å²) in [6.07, 6.45) is 3.41. The summed E-state index contributed by atoms with van der Waals surface area (Å²) in [5, 5.41) is 7.57. The first-order chi connectivity index (χ1) is 16.2. The summed E-state index contributed by atoms with van der Waals surface area (Å²) in [6, 6.07) is 25.8. The van der Waals surface area contributed by atoms with Crippen LogP contribution in [0.5, 0.6) is 0 Å². The molecule has 3 aromatic carbocycles. The zero-order valence-electron chi connectivity index (χ0n) is 17.4. The molecule has 0 spiro atoms. The van der Waals surface area contributed by atoms with Crippen LogP contribution >= 0.6 is 11.6 Å². The first-order valence-electron chi connectivity index (χ1n) is 10.3. The molecule has 2 heterocycles. The van der Waals surface area contributed by atoms with Crippen LogP contribution in [0.1, 0.15) is 10.4 Å². The zero-order chi connectivity index (χ0) is 22.6. The highest BCUT2D eigenvalue weighted by Gasteiger charge is 2.15. The van der Waals surface area contributed by atoms with Gasteiger partial charge in [-0.2, -0.15) is 0 Å². The molecule has 160 valence electrons. The molecule has 0 saturated carbocycles. The van der Waals surface area contributed by atoms with Gasteiger partial charge in [-0.1, -0.05) is 41.9 Å². The predicted molar refractivity (Wildman–Crippen MR) is 132 cm³/mol. The van der Waals surface area contributed by atoms with E-state index in [1.165, 1.54) is 0 Å². The van der Waals surface area contributed by atoms with Gasteiger partial charge in [0.25, 0.3) is 5.91 Å². The number of halogens is 1. The van der Waals surface area contributed by atoms with Crippen LogP contribution in [0.3, 0.4) is 0 Å². The van der Waals surface area contributed by atoms with Crippen LogP contribution in [0.4, 0.5) is 17.2 Å². The molecule has 0 bridgehead atoms. The van der Waals surface area contributed by atoms with Gasteiger partial charge in [-0.3, -0.25) is 9.78 Å². The van der Waals surface area contributed by atoms with Crippen molar-refractivity contribution in [1.29, 1.82) is 0 Å². The summed E-state index contributed by atoms with van der Waals surface area (Å²) in [7, 11) is 0. The summed E-state index contributed by atoms with van der Waals surface area (Å²) in [4.78, 5) is 26.6. The van der Waals surface area contributed by atoms with Crippen LogP contribution < -0.4 is 10.6 Å². The Morgan fingerprint density at radius 1 is 0.848 bits per heavy atom. The third-order valence-corrected chi connectivity index (χ3v) is 5.27. The molecule has 0 atom stereocenters. The smallest absolute Gasteiger partial charge is 0.257 e. The Kier molecular flexibility index (Phi) is 5.66. The Labute approximate surface area is 195 Å². The molecular formula is C26H18ClN5O. The lowest BCUT2D eigenvalue weighted by Gasteiger charge is -2.14. The molecule has 0 saturated heterocycles. The third kappa shape index (κ3) is 4.51. The summed E-state index contributed by atoms with van der Waals surface area (Å²) < 4.78 is 0. The molecule has 33 heavy (non-hydrogen) atoms. The molecule has 0 aliphatic heterocycles. The second kappa shape index (κ2) is 9.06. The highest BCUT2D eigenvalue weighted by atomic mass is 35.5. The Bertz CT molecular complexity index is 1440. The van der Waals surface area contributed by atoms with Crippen LogP contribution in [0, 0.1) is 0 Å². The molecule has 1 amide bonds. The molecule has 0 aliphatic rings. The number of amides is 1. The van der Waals surface area contributed by atoms with Gasteiger partial charge in [0, 0.05) is 34.1 Å². The number of rotatable bonds is 5. The van der Waals surface area contributed by atoms with E-state index in [0.717, 1.165) is 22.2 Å². The van der Waals surface area contributed by atoms with Crippen molar-refractivity contribution < 1.29 is 4.79 Å². The number of aromatic nitrogens is 3. The van der Waals surface area contributed by atoms with Crippen LogP contribution in [0.25, 0.3) is 22.3 Å². The molecular weight excluding hydrogens is 434 g/mol. The largest absolute Gasteiger partial charge is 0.339 e. The van der Waals surface area contributed by atoms with Gasteiger partial charge in [-0.25, -0.2) is 9.97 Å². The minimum Gasteiger partial charge on any atom is -0.339 e. The van der Waals surface area contributed by atoms with Gasteiger partial charge in [0.1, 0.15) is 5.82 Å². The average molecular weight is 452 g/mol. The Hall–Kier alpha value is -4.29. The number of hydrogen-bond acceptors (Lipinski definition) is 5. The van der Waals surface area contributed by atoms with Gasteiger partial charge in [0.2, 0.25) is 0 Å². The Morgan fingerprint density at radius 2 is 1.67 bits per heavy atom. The van der Waals surface area contributed by atoms with E-state index in [1.807, 2.05) is 66.7 Å². The first-order valence-corrected chi connectivity index (χ1v) is 10.7. The lowest BCUT2D eigenvalue weighted by Crippen LogP contribution is -2.14. The fraction of sp³-hybridized carbons (Fsp3) is 0. The van der Waals surface area contributed by atoms with Crippen LogP contribution in [0.15, 0.2) is 97.3 Å². The maximum Gasteiger partial charge on any atom is 0.257 e. The maximum absolute atomic E-state index is 13.0. The molecule has 2 N–H and O–H groups in total. The van der Waals surface area contributed by atoms with Gasteiger partial charge < -0.3 is 10.6 Å².